The summed E-state index contributed by atoms with van der Waals surface area (Å²) in [7, 11) is 0. The van der Waals surface area contributed by atoms with Gasteiger partial charge in [-0.15, -0.1) is 0 Å². The normalized spacial score (nSPS) is 20.4. The van der Waals surface area contributed by atoms with Gasteiger partial charge in [0.2, 0.25) is 11.9 Å². The number of rotatable bonds is 6. The zero-order valence-corrected chi connectivity index (χ0v) is 22.1. The van der Waals surface area contributed by atoms with Crippen molar-refractivity contribution in [2.75, 3.05) is 31.5 Å². The van der Waals surface area contributed by atoms with Crippen LogP contribution in [0, 0.1) is 13.8 Å². The van der Waals surface area contributed by atoms with E-state index in [0.717, 1.165) is 53.7 Å². The Morgan fingerprint density at radius 1 is 1.16 bits per heavy atom. The molecule has 1 aromatic carbocycles. The monoisotopic (exact) mass is 518 g/mol. The third-order valence-electron chi connectivity index (χ3n) is 7.54. The molecule has 2 amide bonds. The van der Waals surface area contributed by atoms with Gasteiger partial charge in [-0.05, 0) is 74.9 Å². The highest BCUT2D eigenvalue weighted by Crippen LogP contribution is 2.33. The van der Waals surface area contributed by atoms with Gasteiger partial charge in [0.25, 0.3) is 5.91 Å². The number of benzene rings is 1. The van der Waals surface area contributed by atoms with Crippen LogP contribution in [0.15, 0.2) is 43.1 Å². The molecule has 0 radical (unpaired) electrons. The predicted molar refractivity (Wildman–Crippen MR) is 146 cm³/mol. The Morgan fingerprint density at radius 3 is 2.74 bits per heavy atom. The average molecular weight is 519 g/mol. The third kappa shape index (κ3) is 5.48. The van der Waals surface area contributed by atoms with E-state index in [-0.39, 0.29) is 17.9 Å². The zero-order chi connectivity index (χ0) is 26.8. The molecule has 0 bridgehead atoms. The summed E-state index contributed by atoms with van der Waals surface area (Å²) in [6.07, 6.45) is 5.51. The minimum absolute atomic E-state index is 0.0590. The number of nitrogens with zero attached hydrogens (tertiary/aromatic N) is 5. The number of aromatic nitrogens is 3. The van der Waals surface area contributed by atoms with Crippen LogP contribution in [0.2, 0.25) is 0 Å². The number of hydrogen-bond acceptors (Lipinski definition) is 5. The maximum atomic E-state index is 13.8. The molecule has 9 heteroatoms. The predicted octanol–water partition coefficient (Wildman–Crippen LogP) is 4.58. The Hall–Kier alpha value is -3.59. The molecular formula is C29H35FN6O2. The summed E-state index contributed by atoms with van der Waals surface area (Å²) < 4.78 is 15.9. The van der Waals surface area contributed by atoms with Crippen LogP contribution in [-0.4, -0.2) is 68.5 Å². The van der Waals surface area contributed by atoms with Crippen molar-refractivity contribution < 1.29 is 14.0 Å². The highest BCUT2D eigenvalue weighted by molar-refractivity contribution is 6.04. The number of anilines is 1. The molecule has 2 aliphatic rings. The smallest absolute Gasteiger partial charge is 0.258 e. The number of carbonyl (C=O) groups excluding carboxylic acids is 2. The van der Waals surface area contributed by atoms with Crippen LogP contribution in [-0.2, 0) is 11.3 Å². The first-order chi connectivity index (χ1) is 18.3. The maximum absolute atomic E-state index is 13.8. The number of likely N-dealkylation sites (tertiary alicyclic amines) is 2. The molecule has 2 saturated heterocycles. The quantitative estimate of drug-likeness (QED) is 0.483. The second-order valence-corrected chi connectivity index (χ2v) is 10.5. The highest BCUT2D eigenvalue weighted by Gasteiger charge is 2.28. The number of halogens is 1. The average Bonchev–Trinajstić information content (AvgIpc) is 3.36. The van der Waals surface area contributed by atoms with E-state index in [2.05, 4.69) is 32.4 Å². The molecule has 4 heterocycles. The molecule has 2 unspecified atom stereocenters. The van der Waals surface area contributed by atoms with Gasteiger partial charge in [-0.2, -0.15) is 0 Å². The van der Waals surface area contributed by atoms with Crippen molar-refractivity contribution in [3.63, 3.8) is 0 Å². The van der Waals surface area contributed by atoms with Gasteiger partial charge in [-0.1, -0.05) is 12.6 Å². The SMILES string of the molecule is C=CC(=O)N1CCCCC(n2c(NC(=O)c3ccnc(C)c3)nc3cc(CN4CCC(F)C4)cc(C)c32)C1. The van der Waals surface area contributed by atoms with Gasteiger partial charge >= 0.3 is 0 Å². The Kier molecular flexibility index (Phi) is 7.56. The van der Waals surface area contributed by atoms with Crippen molar-refractivity contribution >= 4 is 28.8 Å². The number of nitrogens with one attached hydrogen (secondary N) is 1. The highest BCUT2D eigenvalue weighted by atomic mass is 19.1. The molecule has 0 aliphatic carbocycles. The first kappa shape index (κ1) is 26.0. The molecule has 8 nitrogen and oxygen atoms in total. The molecule has 3 aromatic rings. The molecule has 2 aliphatic heterocycles. The summed E-state index contributed by atoms with van der Waals surface area (Å²) in [4.78, 5) is 38.9. The van der Waals surface area contributed by atoms with Crippen LogP contribution in [0.25, 0.3) is 11.0 Å². The standard InChI is InChI=1S/C29H35FN6O2/c1-4-26(37)35-11-6-5-7-24(18-35)36-27-19(2)13-21(16-34-12-9-23(30)17-34)15-25(27)32-29(36)33-28(38)22-8-10-31-20(3)14-22/h4,8,10,13-15,23-24H,1,5-7,9,11-12,16-18H2,2-3H3,(H,32,33,38). The lowest BCUT2D eigenvalue weighted by Crippen LogP contribution is -2.34. The first-order valence-electron chi connectivity index (χ1n) is 13.4. The van der Waals surface area contributed by atoms with Crippen molar-refractivity contribution in [1.82, 2.24) is 24.3 Å². The zero-order valence-electron chi connectivity index (χ0n) is 22.1. The van der Waals surface area contributed by atoms with E-state index < -0.39 is 6.17 Å². The van der Waals surface area contributed by atoms with E-state index in [9.17, 15) is 14.0 Å². The minimum atomic E-state index is -0.769. The van der Waals surface area contributed by atoms with Crippen LogP contribution in [0.5, 0.6) is 0 Å². The Morgan fingerprint density at radius 2 is 2.00 bits per heavy atom. The van der Waals surface area contributed by atoms with E-state index in [0.29, 0.717) is 44.1 Å². The largest absolute Gasteiger partial charge is 0.337 e. The Balaban J connectivity index is 1.55. The fourth-order valence-electron chi connectivity index (χ4n) is 5.75. The number of fused-ring (bicyclic) bond motifs is 1. The molecule has 200 valence electrons. The van der Waals surface area contributed by atoms with E-state index in [4.69, 9.17) is 4.98 Å². The third-order valence-corrected chi connectivity index (χ3v) is 7.54. The molecule has 0 spiro atoms. The van der Waals surface area contributed by atoms with E-state index in [1.807, 2.05) is 24.8 Å². The molecule has 5 rings (SSSR count). The van der Waals surface area contributed by atoms with Crippen molar-refractivity contribution in [3.05, 3.63) is 65.5 Å². The van der Waals surface area contributed by atoms with E-state index in [1.54, 1.807) is 18.3 Å². The number of imidazole rings is 1. The van der Waals surface area contributed by atoms with Crippen LogP contribution < -0.4 is 5.32 Å². The van der Waals surface area contributed by atoms with Gasteiger partial charge in [0.05, 0.1) is 17.1 Å². The lowest BCUT2D eigenvalue weighted by atomic mass is 10.1. The van der Waals surface area contributed by atoms with Crippen molar-refractivity contribution in [1.29, 1.82) is 0 Å². The lowest BCUT2D eigenvalue weighted by molar-refractivity contribution is -0.126. The number of hydrogen-bond donors (Lipinski definition) is 1. The van der Waals surface area contributed by atoms with Crippen LogP contribution >= 0.6 is 0 Å². The van der Waals surface area contributed by atoms with Gasteiger partial charge in [0.1, 0.15) is 6.17 Å². The maximum Gasteiger partial charge on any atom is 0.258 e. The molecule has 38 heavy (non-hydrogen) atoms. The second-order valence-electron chi connectivity index (χ2n) is 10.5. The summed E-state index contributed by atoms with van der Waals surface area (Å²) in [5.41, 5.74) is 5.09. The van der Waals surface area contributed by atoms with E-state index >= 15 is 0 Å². The fourth-order valence-corrected chi connectivity index (χ4v) is 5.75. The van der Waals surface area contributed by atoms with Gasteiger partial charge in [0, 0.05) is 50.2 Å². The number of aryl methyl sites for hydroxylation is 2. The van der Waals surface area contributed by atoms with Crippen molar-refractivity contribution in [2.45, 2.75) is 58.3 Å². The summed E-state index contributed by atoms with van der Waals surface area (Å²) in [6, 6.07) is 7.54. The van der Waals surface area contributed by atoms with Gasteiger partial charge in [0.15, 0.2) is 0 Å². The Labute approximate surface area is 222 Å². The summed E-state index contributed by atoms with van der Waals surface area (Å²) in [6.45, 7) is 10.6. The number of alkyl halides is 1. The van der Waals surface area contributed by atoms with Crippen LogP contribution in [0.1, 0.15) is 58.9 Å². The van der Waals surface area contributed by atoms with Crippen molar-refractivity contribution in [3.8, 4) is 0 Å². The summed E-state index contributed by atoms with van der Waals surface area (Å²) in [5, 5.41) is 3.05. The van der Waals surface area contributed by atoms with Crippen LogP contribution in [0.4, 0.5) is 10.3 Å². The topological polar surface area (TPSA) is 83.4 Å². The van der Waals surface area contributed by atoms with Gasteiger partial charge in [-0.3, -0.25) is 24.8 Å². The number of carbonyl (C=O) groups is 2. The molecule has 2 atom stereocenters. The number of amides is 2. The first-order valence-corrected chi connectivity index (χ1v) is 13.4. The second kappa shape index (κ2) is 11.0. The number of pyridine rings is 1. The molecule has 2 aromatic heterocycles. The summed E-state index contributed by atoms with van der Waals surface area (Å²) in [5.74, 6) is 0.112. The summed E-state index contributed by atoms with van der Waals surface area (Å²) >= 11 is 0. The van der Waals surface area contributed by atoms with Crippen molar-refractivity contribution in [2.24, 2.45) is 0 Å². The molecule has 1 N–H and O–H groups in total. The molecule has 2 fully saturated rings. The molecule has 0 saturated carbocycles. The van der Waals surface area contributed by atoms with E-state index in [1.165, 1.54) is 6.08 Å². The van der Waals surface area contributed by atoms with Gasteiger partial charge in [-0.25, -0.2) is 9.37 Å². The fraction of sp³-hybridized carbons (Fsp3) is 0.448. The lowest BCUT2D eigenvalue weighted by Gasteiger charge is -2.26. The van der Waals surface area contributed by atoms with Gasteiger partial charge < -0.3 is 9.47 Å². The molecular weight excluding hydrogens is 483 g/mol. The van der Waals surface area contributed by atoms with Crippen LogP contribution in [0.3, 0.4) is 0 Å². The Bertz CT molecular complexity index is 1370. The minimum Gasteiger partial charge on any atom is -0.337 e.